The Morgan fingerprint density at radius 2 is 2.14 bits per heavy atom. The minimum absolute atomic E-state index is 0.00151. The Morgan fingerprint density at radius 1 is 1.40 bits per heavy atom. The lowest BCUT2D eigenvalue weighted by Crippen LogP contribution is -2.51. The summed E-state index contributed by atoms with van der Waals surface area (Å²) in [7, 11) is 3.32. The van der Waals surface area contributed by atoms with Gasteiger partial charge >= 0.3 is 0 Å². The molecular formula is C25H36N4O6. The molecule has 3 heterocycles. The molecule has 0 aliphatic carbocycles. The molecule has 0 unspecified atom stereocenters. The van der Waals surface area contributed by atoms with Crippen molar-refractivity contribution in [3.63, 3.8) is 0 Å². The van der Waals surface area contributed by atoms with Gasteiger partial charge < -0.3 is 29.1 Å². The van der Waals surface area contributed by atoms with E-state index in [-0.39, 0.29) is 48.4 Å². The Morgan fingerprint density at radius 3 is 2.83 bits per heavy atom. The summed E-state index contributed by atoms with van der Waals surface area (Å²) in [6.45, 7) is 7.65. The third-order valence-electron chi connectivity index (χ3n) is 6.31. The third kappa shape index (κ3) is 7.15. The number of nitrogens with zero attached hydrogens (tertiary/aromatic N) is 4. The molecule has 192 valence electrons. The number of aromatic nitrogens is 1. The lowest BCUT2D eigenvalue weighted by molar-refractivity contribution is -0.133. The molecule has 0 radical (unpaired) electrons. The van der Waals surface area contributed by atoms with Gasteiger partial charge in [0.2, 0.25) is 11.8 Å². The molecule has 2 amide bonds. The molecule has 10 heteroatoms. The van der Waals surface area contributed by atoms with Crippen molar-refractivity contribution in [1.29, 1.82) is 0 Å². The standard InChI is InChI=1S/C25H36N4O6/c1-18-14-29(19(2)17-30)25(32)21-12-20(6-5-9-33-4)13-26-24(21)35-22(18)15-27(3)23(31)16-28-7-10-34-11-8-28/h12-13,18-19,22,30H,7-11,14-17H2,1-4H3/t18-,19+,22+/m1/s1. The van der Waals surface area contributed by atoms with Gasteiger partial charge in [0, 0.05) is 51.5 Å². The van der Waals surface area contributed by atoms with E-state index in [1.165, 1.54) is 0 Å². The molecule has 0 spiro atoms. The number of carbonyl (C=O) groups is 2. The van der Waals surface area contributed by atoms with Crippen LogP contribution >= 0.6 is 0 Å². The summed E-state index contributed by atoms with van der Waals surface area (Å²) in [4.78, 5) is 36.1. The van der Waals surface area contributed by atoms with Crippen LogP contribution in [-0.4, -0.2) is 122 Å². The van der Waals surface area contributed by atoms with Crippen molar-refractivity contribution in [3.8, 4) is 17.7 Å². The number of hydrogen-bond donors (Lipinski definition) is 1. The molecule has 1 saturated heterocycles. The molecule has 2 aliphatic rings. The Kier molecular flexibility index (Phi) is 9.86. The number of rotatable bonds is 7. The summed E-state index contributed by atoms with van der Waals surface area (Å²) in [6, 6.07) is 1.27. The molecule has 10 nitrogen and oxygen atoms in total. The van der Waals surface area contributed by atoms with Gasteiger partial charge in [-0.25, -0.2) is 4.98 Å². The van der Waals surface area contributed by atoms with Gasteiger partial charge in [-0.2, -0.15) is 0 Å². The van der Waals surface area contributed by atoms with Gasteiger partial charge in [0.25, 0.3) is 5.91 Å². The van der Waals surface area contributed by atoms with Gasteiger partial charge in [0.15, 0.2) is 0 Å². The summed E-state index contributed by atoms with van der Waals surface area (Å²) in [5, 5.41) is 9.80. The second-order valence-corrected chi connectivity index (χ2v) is 9.10. The highest BCUT2D eigenvalue weighted by atomic mass is 16.5. The summed E-state index contributed by atoms with van der Waals surface area (Å²) in [5.41, 5.74) is 0.853. The van der Waals surface area contributed by atoms with Crippen LogP contribution in [0.3, 0.4) is 0 Å². The quantitative estimate of drug-likeness (QED) is 0.539. The number of ether oxygens (including phenoxy) is 3. The highest BCUT2D eigenvalue weighted by molar-refractivity contribution is 5.97. The Hall–Kier alpha value is -2.71. The zero-order valence-corrected chi connectivity index (χ0v) is 21.0. The average molecular weight is 489 g/mol. The van der Waals surface area contributed by atoms with Crippen LogP contribution in [0.1, 0.15) is 29.8 Å². The smallest absolute Gasteiger partial charge is 0.259 e. The van der Waals surface area contributed by atoms with Crippen LogP contribution in [0.25, 0.3) is 0 Å². The first-order valence-corrected chi connectivity index (χ1v) is 11.9. The van der Waals surface area contributed by atoms with Crippen LogP contribution < -0.4 is 4.74 Å². The van der Waals surface area contributed by atoms with Crippen molar-refractivity contribution < 1.29 is 28.9 Å². The molecular weight excluding hydrogens is 452 g/mol. The van der Waals surface area contributed by atoms with Gasteiger partial charge in [-0.3, -0.25) is 14.5 Å². The SMILES string of the molecule is COCC#Cc1cnc2c(c1)C(=O)N([C@@H](C)CO)C[C@@H](C)[C@H](CN(C)C(=O)CN1CCOCC1)O2. The number of hydrogen-bond acceptors (Lipinski definition) is 8. The largest absolute Gasteiger partial charge is 0.472 e. The third-order valence-corrected chi connectivity index (χ3v) is 6.31. The van der Waals surface area contributed by atoms with E-state index in [0.717, 1.165) is 13.1 Å². The van der Waals surface area contributed by atoms with Crippen LogP contribution in [-0.2, 0) is 14.3 Å². The molecule has 3 atom stereocenters. The summed E-state index contributed by atoms with van der Waals surface area (Å²) < 4.78 is 16.6. The van der Waals surface area contributed by atoms with E-state index in [1.54, 1.807) is 43.1 Å². The summed E-state index contributed by atoms with van der Waals surface area (Å²) >= 11 is 0. The summed E-state index contributed by atoms with van der Waals surface area (Å²) in [5.74, 6) is 5.62. The van der Waals surface area contributed by atoms with E-state index in [9.17, 15) is 14.7 Å². The van der Waals surface area contributed by atoms with Crippen LogP contribution in [0.2, 0.25) is 0 Å². The second-order valence-electron chi connectivity index (χ2n) is 9.10. The molecule has 35 heavy (non-hydrogen) atoms. The first-order valence-electron chi connectivity index (χ1n) is 11.9. The van der Waals surface area contributed by atoms with E-state index in [1.807, 2.05) is 6.92 Å². The maximum absolute atomic E-state index is 13.4. The molecule has 0 saturated carbocycles. The molecule has 1 aromatic rings. The highest BCUT2D eigenvalue weighted by Gasteiger charge is 2.34. The van der Waals surface area contributed by atoms with E-state index < -0.39 is 6.10 Å². The molecule has 0 bridgehead atoms. The number of amides is 2. The zero-order valence-electron chi connectivity index (χ0n) is 21.0. The maximum atomic E-state index is 13.4. The molecule has 1 N–H and O–H groups in total. The monoisotopic (exact) mass is 488 g/mol. The fourth-order valence-corrected chi connectivity index (χ4v) is 4.04. The first-order chi connectivity index (χ1) is 16.8. The lowest BCUT2D eigenvalue weighted by Gasteiger charge is -2.38. The van der Waals surface area contributed by atoms with Crippen molar-refractivity contribution in [2.24, 2.45) is 5.92 Å². The van der Waals surface area contributed by atoms with Gasteiger partial charge in [0.05, 0.1) is 39.0 Å². The first kappa shape index (κ1) is 26.9. The number of aliphatic hydroxyl groups excluding tert-OH is 1. The van der Waals surface area contributed by atoms with Gasteiger partial charge in [-0.05, 0) is 13.0 Å². The maximum Gasteiger partial charge on any atom is 0.259 e. The number of fused-ring (bicyclic) bond motifs is 1. The molecule has 0 aromatic carbocycles. The van der Waals surface area contributed by atoms with Crippen LogP contribution in [0.4, 0.5) is 0 Å². The van der Waals surface area contributed by atoms with Gasteiger partial charge in [-0.1, -0.05) is 18.8 Å². The number of morpholine rings is 1. The second kappa shape index (κ2) is 12.8. The number of carbonyl (C=O) groups excluding carboxylic acids is 2. The summed E-state index contributed by atoms with van der Waals surface area (Å²) in [6.07, 6.45) is 1.16. The normalized spacial score (nSPS) is 21.6. The number of likely N-dealkylation sites (N-methyl/N-ethyl adjacent to an activating group) is 1. The molecule has 1 fully saturated rings. The van der Waals surface area contributed by atoms with Crippen molar-refractivity contribution in [2.45, 2.75) is 26.0 Å². The number of pyridine rings is 1. The van der Waals surface area contributed by atoms with Crippen molar-refractivity contribution in [3.05, 3.63) is 23.4 Å². The zero-order chi connectivity index (χ0) is 25.4. The van der Waals surface area contributed by atoms with Crippen molar-refractivity contribution in [2.75, 3.05) is 73.3 Å². The van der Waals surface area contributed by atoms with Gasteiger partial charge in [-0.15, -0.1) is 0 Å². The van der Waals surface area contributed by atoms with Crippen LogP contribution in [0.5, 0.6) is 5.88 Å². The Balaban J connectivity index is 1.83. The number of methoxy groups -OCH3 is 1. The Labute approximate surface area is 207 Å². The van der Waals surface area contributed by atoms with Crippen molar-refractivity contribution in [1.82, 2.24) is 19.7 Å². The average Bonchev–Trinajstić information content (AvgIpc) is 2.86. The fraction of sp³-hybridized carbons (Fsp3) is 0.640. The lowest BCUT2D eigenvalue weighted by atomic mass is 10.00. The predicted octanol–water partition coefficient (Wildman–Crippen LogP) is 0.0902. The molecule has 2 aliphatic heterocycles. The predicted molar refractivity (Wildman–Crippen MR) is 129 cm³/mol. The molecule has 3 rings (SSSR count). The number of aliphatic hydroxyl groups is 1. The molecule has 1 aromatic heterocycles. The van der Waals surface area contributed by atoms with E-state index >= 15 is 0 Å². The highest BCUT2D eigenvalue weighted by Crippen LogP contribution is 2.27. The van der Waals surface area contributed by atoms with E-state index in [0.29, 0.717) is 38.4 Å². The fourth-order valence-electron chi connectivity index (χ4n) is 4.04. The van der Waals surface area contributed by atoms with E-state index in [4.69, 9.17) is 14.2 Å². The minimum atomic E-state index is -0.396. The van der Waals surface area contributed by atoms with Crippen LogP contribution in [0.15, 0.2) is 12.3 Å². The topological polar surface area (TPSA) is 105 Å². The Bertz CT molecular complexity index is 940. The minimum Gasteiger partial charge on any atom is -0.472 e. The van der Waals surface area contributed by atoms with Gasteiger partial charge in [0.1, 0.15) is 18.3 Å². The van der Waals surface area contributed by atoms with Crippen molar-refractivity contribution >= 4 is 11.8 Å². The van der Waals surface area contributed by atoms with Crippen LogP contribution in [0, 0.1) is 17.8 Å². The van der Waals surface area contributed by atoms with E-state index in [2.05, 4.69) is 21.7 Å².